The lowest BCUT2D eigenvalue weighted by molar-refractivity contribution is -0.0208. The summed E-state index contributed by atoms with van der Waals surface area (Å²) in [5.41, 5.74) is 0.745. The third-order valence-electron chi connectivity index (χ3n) is 7.40. The molecule has 1 unspecified atom stereocenters. The van der Waals surface area contributed by atoms with Crippen LogP contribution in [0.2, 0.25) is 0 Å². The minimum Gasteiger partial charge on any atom is -0.399 e. The second-order valence-corrected chi connectivity index (χ2v) is 11.1. The van der Waals surface area contributed by atoms with E-state index in [0.29, 0.717) is 30.6 Å². The molecule has 1 saturated carbocycles. The van der Waals surface area contributed by atoms with Crippen LogP contribution in [0, 0.1) is 11.7 Å². The third kappa shape index (κ3) is 6.34. The fraction of sp³-hybridized carbons (Fsp3) is 0.769. The van der Waals surface area contributed by atoms with Crippen molar-refractivity contribution in [3.8, 4) is 0 Å². The number of ether oxygens (including phenoxy) is 1. The summed E-state index contributed by atoms with van der Waals surface area (Å²) in [6.07, 6.45) is 7.12. The van der Waals surface area contributed by atoms with Crippen molar-refractivity contribution in [3.05, 3.63) is 29.6 Å². The molecule has 4 nitrogen and oxygen atoms in total. The second kappa shape index (κ2) is 10.5. The molecule has 1 aromatic rings. The summed E-state index contributed by atoms with van der Waals surface area (Å²) < 4.78 is 33.2. The third-order valence-corrected chi connectivity index (χ3v) is 7.40. The van der Waals surface area contributed by atoms with Gasteiger partial charge in [-0.1, -0.05) is 38.8 Å². The van der Waals surface area contributed by atoms with E-state index < -0.39 is 18.3 Å². The molecule has 32 heavy (non-hydrogen) atoms. The highest BCUT2D eigenvalue weighted by Gasteiger charge is 2.51. The van der Waals surface area contributed by atoms with Crippen LogP contribution >= 0.6 is 0 Å². The first-order valence-electron chi connectivity index (χ1n) is 12.5. The first-order chi connectivity index (χ1) is 15.0. The van der Waals surface area contributed by atoms with Gasteiger partial charge in [-0.05, 0) is 89.9 Å². The van der Waals surface area contributed by atoms with Gasteiger partial charge in [-0.3, -0.25) is 0 Å². The second-order valence-electron chi connectivity index (χ2n) is 11.1. The van der Waals surface area contributed by atoms with Crippen LogP contribution in [0.15, 0.2) is 18.2 Å². The number of benzene rings is 1. The lowest BCUT2D eigenvalue weighted by Crippen LogP contribution is -2.43. The molecule has 0 spiro atoms. The van der Waals surface area contributed by atoms with Crippen molar-refractivity contribution in [1.82, 2.24) is 5.32 Å². The Morgan fingerprint density at radius 2 is 1.72 bits per heavy atom. The van der Waals surface area contributed by atoms with E-state index in [0.717, 1.165) is 11.9 Å². The summed E-state index contributed by atoms with van der Waals surface area (Å²) in [6.45, 7) is 15.5. The Morgan fingerprint density at radius 1 is 1.09 bits per heavy atom. The summed E-state index contributed by atoms with van der Waals surface area (Å²) in [5.74, 6) is 0.397. The molecule has 0 radical (unpaired) electrons. The maximum atomic E-state index is 14.6. The van der Waals surface area contributed by atoms with Crippen LogP contribution in [0.3, 0.4) is 0 Å². The highest BCUT2D eigenvalue weighted by atomic mass is 19.1. The zero-order chi connectivity index (χ0) is 23.5. The molecule has 1 aromatic carbocycles. The maximum absolute atomic E-state index is 14.6. The van der Waals surface area contributed by atoms with Gasteiger partial charge >= 0.3 is 7.12 Å². The van der Waals surface area contributed by atoms with Crippen LogP contribution in [0.5, 0.6) is 0 Å². The number of hydrogen-bond donors (Lipinski definition) is 1. The zero-order valence-corrected chi connectivity index (χ0v) is 21.2. The Morgan fingerprint density at radius 3 is 2.31 bits per heavy atom. The average molecular weight is 447 g/mol. The van der Waals surface area contributed by atoms with Crippen molar-refractivity contribution in [1.29, 1.82) is 0 Å². The lowest BCUT2D eigenvalue weighted by Gasteiger charge is -2.32. The molecule has 1 N–H and O–H groups in total. The Balaban J connectivity index is 1.60. The van der Waals surface area contributed by atoms with Crippen molar-refractivity contribution >= 4 is 12.6 Å². The summed E-state index contributed by atoms with van der Waals surface area (Å²) >= 11 is 0. The van der Waals surface area contributed by atoms with E-state index in [2.05, 4.69) is 26.1 Å². The highest BCUT2D eigenvalue weighted by molar-refractivity contribution is 6.62. The van der Waals surface area contributed by atoms with E-state index >= 15 is 0 Å². The van der Waals surface area contributed by atoms with Crippen molar-refractivity contribution in [3.63, 3.8) is 0 Å². The summed E-state index contributed by atoms with van der Waals surface area (Å²) in [6, 6.07) is 5.47. The van der Waals surface area contributed by atoms with Gasteiger partial charge in [0.1, 0.15) is 5.82 Å². The molecule has 6 heteroatoms. The topological polar surface area (TPSA) is 39.7 Å². The van der Waals surface area contributed by atoms with Crippen LogP contribution in [0.1, 0.15) is 86.1 Å². The van der Waals surface area contributed by atoms with Crippen LogP contribution in [0.25, 0.3) is 0 Å². The summed E-state index contributed by atoms with van der Waals surface area (Å²) in [4.78, 5) is 0. The van der Waals surface area contributed by atoms with Crippen LogP contribution in [-0.2, 0) is 20.5 Å². The fourth-order valence-electron chi connectivity index (χ4n) is 4.68. The van der Waals surface area contributed by atoms with Gasteiger partial charge in [-0.15, -0.1) is 0 Å². The number of rotatable bonds is 10. The highest BCUT2D eigenvalue weighted by Crippen LogP contribution is 2.36. The molecule has 180 valence electrons. The Hall–Kier alpha value is -0.945. The lowest BCUT2D eigenvalue weighted by atomic mass is 9.78. The van der Waals surface area contributed by atoms with Gasteiger partial charge in [0.05, 0.1) is 23.4 Å². The SMILES string of the molecule is CC(C)C[C@H](NCCc1cc(B2OC(C)(C)C(C)(C)O2)ccc1F)C(C)OC1CCCC1. The van der Waals surface area contributed by atoms with Gasteiger partial charge < -0.3 is 19.4 Å². The van der Waals surface area contributed by atoms with Crippen molar-refractivity contribution in [2.75, 3.05) is 6.54 Å². The average Bonchev–Trinajstić information content (AvgIpc) is 3.27. The van der Waals surface area contributed by atoms with Crippen LogP contribution < -0.4 is 10.8 Å². The zero-order valence-electron chi connectivity index (χ0n) is 21.2. The Labute approximate surface area is 195 Å². The Bertz CT molecular complexity index is 733. The molecule has 1 aliphatic carbocycles. The molecule has 0 bridgehead atoms. The molecule has 1 saturated heterocycles. The largest absolute Gasteiger partial charge is 0.494 e. The van der Waals surface area contributed by atoms with Gasteiger partial charge in [-0.2, -0.15) is 0 Å². The fourth-order valence-corrected chi connectivity index (χ4v) is 4.68. The smallest absolute Gasteiger partial charge is 0.399 e. The van der Waals surface area contributed by atoms with E-state index in [1.165, 1.54) is 31.7 Å². The molecule has 1 heterocycles. The van der Waals surface area contributed by atoms with Gasteiger partial charge in [-0.25, -0.2) is 4.39 Å². The van der Waals surface area contributed by atoms with Gasteiger partial charge in [0.2, 0.25) is 0 Å². The summed E-state index contributed by atoms with van der Waals surface area (Å²) in [5, 5.41) is 3.66. The van der Waals surface area contributed by atoms with Crippen LogP contribution in [-0.4, -0.2) is 43.1 Å². The van der Waals surface area contributed by atoms with E-state index in [-0.39, 0.29) is 18.0 Å². The summed E-state index contributed by atoms with van der Waals surface area (Å²) in [7, 11) is -0.471. The molecular formula is C26H43BFNO3. The van der Waals surface area contributed by atoms with E-state index in [1.807, 2.05) is 33.8 Å². The van der Waals surface area contributed by atoms with Crippen LogP contribution in [0.4, 0.5) is 4.39 Å². The first-order valence-corrected chi connectivity index (χ1v) is 12.5. The molecule has 2 aliphatic rings. The molecule has 1 aliphatic heterocycles. The van der Waals surface area contributed by atoms with Crippen molar-refractivity contribution in [2.24, 2.45) is 5.92 Å². The predicted octanol–water partition coefficient (Wildman–Crippen LogP) is 5.02. The predicted molar refractivity (Wildman–Crippen MR) is 130 cm³/mol. The van der Waals surface area contributed by atoms with E-state index in [4.69, 9.17) is 14.0 Å². The molecule has 0 amide bonds. The minimum absolute atomic E-state index is 0.154. The van der Waals surface area contributed by atoms with Crippen molar-refractivity contribution in [2.45, 2.75) is 116 Å². The molecule has 3 rings (SSSR count). The molecule has 2 atom stereocenters. The maximum Gasteiger partial charge on any atom is 0.494 e. The monoisotopic (exact) mass is 447 g/mol. The number of nitrogens with one attached hydrogen (secondary N) is 1. The quantitative estimate of drug-likeness (QED) is 0.512. The van der Waals surface area contributed by atoms with Gasteiger partial charge in [0.15, 0.2) is 0 Å². The first kappa shape index (κ1) is 25.7. The van der Waals surface area contributed by atoms with E-state index in [1.54, 1.807) is 6.07 Å². The number of halogens is 1. The normalized spacial score (nSPS) is 22.6. The number of hydrogen-bond acceptors (Lipinski definition) is 4. The standard InChI is InChI=1S/C26H43BFNO3/c1-18(2)16-24(19(3)30-22-10-8-9-11-22)29-15-14-20-17-21(12-13-23(20)28)27-31-25(4,5)26(6,7)32-27/h12-13,17-19,22,24,29H,8-11,14-16H2,1-7H3/t19?,24-/m0/s1. The van der Waals surface area contributed by atoms with Gasteiger partial charge in [0, 0.05) is 6.04 Å². The van der Waals surface area contributed by atoms with Crippen molar-refractivity contribution < 1.29 is 18.4 Å². The minimum atomic E-state index is -0.471. The molecule has 0 aromatic heterocycles. The molecular weight excluding hydrogens is 404 g/mol. The van der Waals surface area contributed by atoms with E-state index in [9.17, 15) is 4.39 Å². The van der Waals surface area contributed by atoms with Gasteiger partial charge in [0.25, 0.3) is 0 Å². The Kier molecular flexibility index (Phi) is 8.46. The molecule has 2 fully saturated rings.